The fourth-order valence-electron chi connectivity index (χ4n) is 2.14. The monoisotopic (exact) mass is 295 g/mol. The van der Waals surface area contributed by atoms with Gasteiger partial charge in [-0.3, -0.25) is 9.89 Å². The molecule has 0 unspecified atom stereocenters. The maximum absolute atomic E-state index is 11.8. The predicted octanol–water partition coefficient (Wildman–Crippen LogP) is 3.22. The van der Waals surface area contributed by atoms with Gasteiger partial charge in [-0.15, -0.1) is 0 Å². The van der Waals surface area contributed by atoms with Gasteiger partial charge in [-0.25, -0.2) is 0 Å². The normalized spacial score (nSPS) is 10.8. The van der Waals surface area contributed by atoms with Crippen LogP contribution in [-0.4, -0.2) is 35.9 Å². The summed E-state index contributed by atoms with van der Waals surface area (Å²) in [4.78, 5) is 11.8. The van der Waals surface area contributed by atoms with Crippen LogP contribution in [0.2, 0.25) is 0 Å². The average Bonchev–Trinajstić information content (AvgIpc) is 2.91. The van der Waals surface area contributed by atoms with Crippen LogP contribution in [0.15, 0.2) is 6.20 Å². The summed E-state index contributed by atoms with van der Waals surface area (Å²) in [7, 11) is 0. The van der Waals surface area contributed by atoms with Gasteiger partial charge in [-0.1, -0.05) is 39.0 Å². The van der Waals surface area contributed by atoms with Gasteiger partial charge in [0.05, 0.1) is 11.8 Å². The van der Waals surface area contributed by atoms with Crippen molar-refractivity contribution in [3.05, 3.63) is 17.5 Å². The number of aromatic amines is 1. The van der Waals surface area contributed by atoms with Crippen molar-refractivity contribution in [3.63, 3.8) is 0 Å². The molecular formula is C16H29N3O2. The zero-order valence-corrected chi connectivity index (χ0v) is 13.4. The molecule has 1 aromatic heterocycles. The van der Waals surface area contributed by atoms with E-state index < -0.39 is 0 Å². The van der Waals surface area contributed by atoms with E-state index in [1.54, 1.807) is 6.20 Å². The van der Waals surface area contributed by atoms with E-state index in [-0.39, 0.29) is 5.91 Å². The summed E-state index contributed by atoms with van der Waals surface area (Å²) < 4.78 is 5.57. The minimum atomic E-state index is -0.0721. The number of ether oxygens (including phenoxy) is 1. The maximum atomic E-state index is 11.8. The molecule has 0 saturated heterocycles. The van der Waals surface area contributed by atoms with E-state index in [4.69, 9.17) is 4.74 Å². The number of hydrogen-bond donors (Lipinski definition) is 2. The minimum Gasteiger partial charge on any atom is -0.381 e. The van der Waals surface area contributed by atoms with Crippen LogP contribution < -0.4 is 5.32 Å². The summed E-state index contributed by atoms with van der Waals surface area (Å²) in [5, 5.41) is 9.47. The van der Waals surface area contributed by atoms with E-state index >= 15 is 0 Å². The third-order valence-corrected chi connectivity index (χ3v) is 3.47. The Kier molecular flexibility index (Phi) is 9.53. The number of aromatic nitrogens is 2. The van der Waals surface area contributed by atoms with Crippen molar-refractivity contribution in [2.75, 3.05) is 19.8 Å². The van der Waals surface area contributed by atoms with Gasteiger partial charge in [0.1, 0.15) is 0 Å². The van der Waals surface area contributed by atoms with E-state index in [0.29, 0.717) is 18.7 Å². The Hall–Kier alpha value is -1.36. The lowest BCUT2D eigenvalue weighted by Crippen LogP contribution is -2.25. The number of carbonyl (C=O) groups excluding carboxylic acids is 1. The fraction of sp³-hybridized carbons (Fsp3) is 0.750. The van der Waals surface area contributed by atoms with Crippen LogP contribution in [0.25, 0.3) is 0 Å². The molecule has 5 heteroatoms. The highest BCUT2D eigenvalue weighted by atomic mass is 16.5. The summed E-state index contributed by atoms with van der Waals surface area (Å²) in [6.07, 6.45) is 10.1. The topological polar surface area (TPSA) is 67.0 Å². The predicted molar refractivity (Wildman–Crippen MR) is 84.5 cm³/mol. The number of rotatable bonds is 12. The summed E-state index contributed by atoms with van der Waals surface area (Å²) in [6, 6.07) is 0. The van der Waals surface area contributed by atoms with Crippen molar-refractivity contribution in [2.24, 2.45) is 0 Å². The van der Waals surface area contributed by atoms with E-state index in [0.717, 1.165) is 25.1 Å². The van der Waals surface area contributed by atoms with E-state index in [9.17, 15) is 4.79 Å². The second-order valence-corrected chi connectivity index (χ2v) is 5.40. The zero-order chi connectivity index (χ0) is 15.3. The van der Waals surface area contributed by atoms with Crippen molar-refractivity contribution in [1.82, 2.24) is 15.5 Å². The lowest BCUT2D eigenvalue weighted by atomic mass is 10.1. The second-order valence-electron chi connectivity index (χ2n) is 5.40. The SMILES string of the molecule is CCCCCCCCOCCCNC(=O)c1cn[nH]c1C. The Morgan fingerprint density at radius 3 is 2.62 bits per heavy atom. The van der Waals surface area contributed by atoms with Crippen molar-refractivity contribution in [2.45, 2.75) is 58.8 Å². The molecule has 0 aromatic carbocycles. The fourth-order valence-corrected chi connectivity index (χ4v) is 2.14. The van der Waals surface area contributed by atoms with Crippen molar-refractivity contribution >= 4 is 5.91 Å². The molecule has 0 aliphatic heterocycles. The number of amides is 1. The molecule has 1 aromatic rings. The van der Waals surface area contributed by atoms with Crippen LogP contribution in [-0.2, 0) is 4.74 Å². The van der Waals surface area contributed by atoms with Gasteiger partial charge >= 0.3 is 0 Å². The van der Waals surface area contributed by atoms with E-state index in [2.05, 4.69) is 22.4 Å². The first kappa shape index (κ1) is 17.7. The van der Waals surface area contributed by atoms with Gasteiger partial charge < -0.3 is 10.1 Å². The lowest BCUT2D eigenvalue weighted by Gasteiger charge is -2.06. The van der Waals surface area contributed by atoms with Gasteiger partial charge in [0.15, 0.2) is 0 Å². The molecule has 2 N–H and O–H groups in total. The van der Waals surface area contributed by atoms with E-state index in [1.807, 2.05) is 6.92 Å². The number of nitrogens with zero attached hydrogens (tertiary/aromatic N) is 1. The largest absolute Gasteiger partial charge is 0.381 e. The molecule has 0 radical (unpaired) electrons. The highest BCUT2D eigenvalue weighted by Crippen LogP contribution is 2.05. The molecule has 5 nitrogen and oxygen atoms in total. The van der Waals surface area contributed by atoms with Gasteiger partial charge in [0.2, 0.25) is 0 Å². The standard InChI is InChI=1S/C16H29N3O2/c1-3-4-5-6-7-8-11-21-12-9-10-17-16(20)15-13-18-19-14(15)2/h13H,3-12H2,1-2H3,(H,17,20)(H,18,19). The Labute approximate surface area is 127 Å². The smallest absolute Gasteiger partial charge is 0.254 e. The quantitative estimate of drug-likeness (QED) is 0.582. The van der Waals surface area contributed by atoms with Crippen LogP contribution in [0.5, 0.6) is 0 Å². The molecule has 1 rings (SSSR count). The number of hydrogen-bond acceptors (Lipinski definition) is 3. The third kappa shape index (κ3) is 7.85. The minimum absolute atomic E-state index is 0.0721. The lowest BCUT2D eigenvalue weighted by molar-refractivity contribution is 0.0939. The van der Waals surface area contributed by atoms with Crippen molar-refractivity contribution < 1.29 is 9.53 Å². The van der Waals surface area contributed by atoms with Crippen molar-refractivity contribution in [3.8, 4) is 0 Å². The van der Waals surface area contributed by atoms with Crippen LogP contribution >= 0.6 is 0 Å². The molecule has 0 spiro atoms. The summed E-state index contributed by atoms with van der Waals surface area (Å²) in [5.41, 5.74) is 1.41. The van der Waals surface area contributed by atoms with E-state index in [1.165, 1.54) is 32.1 Å². The summed E-state index contributed by atoms with van der Waals surface area (Å²) in [6.45, 7) is 6.25. The second kappa shape index (κ2) is 11.3. The Morgan fingerprint density at radius 2 is 1.90 bits per heavy atom. The molecule has 1 heterocycles. The number of unbranched alkanes of at least 4 members (excludes halogenated alkanes) is 5. The maximum Gasteiger partial charge on any atom is 0.254 e. The van der Waals surface area contributed by atoms with Gasteiger partial charge in [0, 0.05) is 25.5 Å². The highest BCUT2D eigenvalue weighted by molar-refractivity contribution is 5.94. The number of nitrogens with one attached hydrogen (secondary N) is 2. The van der Waals surface area contributed by atoms with Crippen molar-refractivity contribution in [1.29, 1.82) is 0 Å². The molecule has 0 bridgehead atoms. The first-order valence-corrected chi connectivity index (χ1v) is 8.11. The molecule has 0 aliphatic carbocycles. The summed E-state index contributed by atoms with van der Waals surface area (Å²) in [5.74, 6) is -0.0721. The Bertz CT molecular complexity index is 391. The van der Waals surface area contributed by atoms with Gasteiger partial charge in [-0.05, 0) is 19.8 Å². The first-order chi connectivity index (χ1) is 10.3. The Morgan fingerprint density at radius 1 is 1.19 bits per heavy atom. The molecule has 0 aliphatic rings. The molecule has 0 atom stereocenters. The summed E-state index contributed by atoms with van der Waals surface area (Å²) >= 11 is 0. The molecular weight excluding hydrogens is 266 g/mol. The number of H-pyrrole nitrogens is 1. The molecule has 0 saturated carbocycles. The van der Waals surface area contributed by atoms with Crippen LogP contribution in [0, 0.1) is 6.92 Å². The number of aryl methyl sites for hydroxylation is 1. The molecule has 21 heavy (non-hydrogen) atoms. The zero-order valence-electron chi connectivity index (χ0n) is 13.4. The Balaban J connectivity index is 1.89. The van der Waals surface area contributed by atoms with Crippen LogP contribution in [0.3, 0.4) is 0 Å². The molecule has 1 amide bonds. The number of carbonyl (C=O) groups is 1. The molecule has 0 fully saturated rings. The van der Waals surface area contributed by atoms with Gasteiger partial charge in [-0.2, -0.15) is 5.10 Å². The van der Waals surface area contributed by atoms with Gasteiger partial charge in [0.25, 0.3) is 5.91 Å². The third-order valence-electron chi connectivity index (χ3n) is 3.47. The van der Waals surface area contributed by atoms with Crippen LogP contribution in [0.4, 0.5) is 0 Å². The van der Waals surface area contributed by atoms with Crippen LogP contribution in [0.1, 0.15) is 67.9 Å². The highest BCUT2D eigenvalue weighted by Gasteiger charge is 2.09. The average molecular weight is 295 g/mol. The first-order valence-electron chi connectivity index (χ1n) is 8.11. The molecule has 120 valence electrons.